The van der Waals surface area contributed by atoms with Crippen LogP contribution >= 0.6 is 0 Å². The third kappa shape index (κ3) is 10.0. The summed E-state index contributed by atoms with van der Waals surface area (Å²) in [5, 5.41) is 4.96. The van der Waals surface area contributed by atoms with E-state index in [1.807, 2.05) is 0 Å². The van der Waals surface area contributed by atoms with Crippen LogP contribution in [0.4, 0.5) is 0 Å². The SMILES string of the molecule is CC(C)(C)c1ccc(-c2cc3c4c(c2)c2c(-c5ccccc5)cc(-c5ccccc5)cc2n4-c2cc(-c4cccc(-c5cc(C(C)(C)C)cc(C(C)(C)C)c5)n4)cc4c2B3c2cc(-c3ccc(C(C)(C)C)cc3)cc3c5c(-c6ccccc6)cc(-c6ccccc6)cc5n-4c23)cc1. The zero-order valence-corrected chi connectivity index (χ0v) is 57.8. The van der Waals surface area contributed by atoms with Gasteiger partial charge in [0.2, 0.25) is 0 Å². The van der Waals surface area contributed by atoms with E-state index in [0.29, 0.717) is 0 Å². The molecule has 0 radical (unpaired) electrons. The van der Waals surface area contributed by atoms with E-state index in [0.717, 1.165) is 33.9 Å². The average molecular weight is 1250 g/mol. The summed E-state index contributed by atoms with van der Waals surface area (Å²) in [5.41, 5.74) is 34.5. The van der Waals surface area contributed by atoms with Crippen LogP contribution in [0, 0.1) is 0 Å². The lowest BCUT2D eigenvalue weighted by Gasteiger charge is -2.35. The molecule has 3 aromatic heterocycles. The molecule has 15 aromatic rings. The van der Waals surface area contributed by atoms with Gasteiger partial charge in [0.25, 0.3) is 6.71 Å². The maximum absolute atomic E-state index is 5.84. The lowest BCUT2D eigenvalue weighted by Crippen LogP contribution is -2.59. The predicted molar refractivity (Wildman–Crippen MR) is 416 cm³/mol. The first kappa shape index (κ1) is 60.1. The Hall–Kier alpha value is -10.5. The first-order chi connectivity index (χ1) is 46.6. The highest BCUT2D eigenvalue weighted by atomic mass is 15.0. The van der Waals surface area contributed by atoms with Gasteiger partial charge in [-0.3, -0.25) is 0 Å². The highest BCUT2D eigenvalue weighted by molar-refractivity contribution is 7.00. The zero-order chi connectivity index (χ0) is 66.6. The summed E-state index contributed by atoms with van der Waals surface area (Å²) in [6, 6.07) is 102. The number of hydrogen-bond acceptors (Lipinski definition) is 1. The third-order valence-electron chi connectivity index (χ3n) is 21.1. The Bertz CT molecular complexity index is 5340. The average Bonchev–Trinajstić information content (AvgIpc) is 1.54. The van der Waals surface area contributed by atoms with Crippen LogP contribution in [0.15, 0.2) is 267 Å². The number of rotatable bonds is 8. The van der Waals surface area contributed by atoms with Gasteiger partial charge in [0.1, 0.15) is 0 Å². The molecule has 0 amide bonds. The van der Waals surface area contributed by atoms with Crippen LogP contribution in [0.3, 0.4) is 0 Å². The minimum Gasteiger partial charge on any atom is -0.310 e. The van der Waals surface area contributed by atoms with Crippen molar-refractivity contribution in [2.75, 3.05) is 0 Å². The Morgan fingerprint density at radius 3 is 0.979 bits per heavy atom. The minimum atomic E-state index is -0.196. The third-order valence-corrected chi connectivity index (χ3v) is 21.1. The maximum Gasteiger partial charge on any atom is 0.252 e. The van der Waals surface area contributed by atoms with Gasteiger partial charge >= 0.3 is 0 Å². The lowest BCUT2D eigenvalue weighted by atomic mass is 9.34. The monoisotopic (exact) mass is 1250 g/mol. The van der Waals surface area contributed by atoms with Crippen LogP contribution in [0.5, 0.6) is 0 Å². The van der Waals surface area contributed by atoms with Gasteiger partial charge in [0.15, 0.2) is 0 Å². The molecule has 12 aromatic carbocycles. The maximum atomic E-state index is 5.84. The number of pyridine rings is 1. The highest BCUT2D eigenvalue weighted by Crippen LogP contribution is 2.49. The van der Waals surface area contributed by atoms with E-state index in [1.165, 1.54) is 149 Å². The van der Waals surface area contributed by atoms with Gasteiger partial charge in [-0.25, -0.2) is 4.98 Å². The second-order valence-corrected chi connectivity index (χ2v) is 31.6. The zero-order valence-electron chi connectivity index (χ0n) is 57.8. The molecular formula is C93H80BN3. The summed E-state index contributed by atoms with van der Waals surface area (Å²) in [5.74, 6) is 0. The van der Waals surface area contributed by atoms with Crippen molar-refractivity contribution in [3.8, 4) is 101 Å². The smallest absolute Gasteiger partial charge is 0.252 e. The number of nitrogens with zero attached hydrogens (tertiary/aromatic N) is 3. The number of fused-ring (bicyclic) bond motifs is 10. The van der Waals surface area contributed by atoms with Crippen LogP contribution in [-0.2, 0) is 21.7 Å². The van der Waals surface area contributed by atoms with Gasteiger partial charge in [-0.05, 0) is 200 Å². The topological polar surface area (TPSA) is 22.8 Å². The van der Waals surface area contributed by atoms with Gasteiger partial charge < -0.3 is 9.13 Å². The van der Waals surface area contributed by atoms with Crippen molar-refractivity contribution in [1.29, 1.82) is 0 Å². The molecule has 2 aliphatic heterocycles. The minimum absolute atomic E-state index is 0.00187. The molecule has 0 bridgehead atoms. The molecule has 0 saturated carbocycles. The first-order valence-corrected chi connectivity index (χ1v) is 34.7. The molecule has 97 heavy (non-hydrogen) atoms. The van der Waals surface area contributed by atoms with E-state index in [2.05, 4.69) is 359 Å². The molecule has 470 valence electrons. The molecule has 0 spiro atoms. The highest BCUT2D eigenvalue weighted by Gasteiger charge is 2.43. The molecule has 2 aliphatic rings. The molecule has 0 atom stereocenters. The van der Waals surface area contributed by atoms with Gasteiger partial charge in [-0.1, -0.05) is 277 Å². The second kappa shape index (κ2) is 22.0. The first-order valence-electron chi connectivity index (χ1n) is 34.7. The normalized spacial score (nSPS) is 12.9. The number of aromatic nitrogens is 3. The van der Waals surface area contributed by atoms with E-state index in [1.54, 1.807) is 0 Å². The summed E-state index contributed by atoms with van der Waals surface area (Å²) < 4.78 is 5.37. The van der Waals surface area contributed by atoms with E-state index in [9.17, 15) is 0 Å². The van der Waals surface area contributed by atoms with E-state index < -0.39 is 0 Å². The molecule has 5 heterocycles. The fourth-order valence-electron chi connectivity index (χ4n) is 15.8. The van der Waals surface area contributed by atoms with Crippen LogP contribution in [0.2, 0.25) is 0 Å². The van der Waals surface area contributed by atoms with Crippen molar-refractivity contribution in [2.45, 2.75) is 105 Å². The van der Waals surface area contributed by atoms with Crippen molar-refractivity contribution in [1.82, 2.24) is 14.1 Å². The fraction of sp³-hybridized carbons (Fsp3) is 0.172. The van der Waals surface area contributed by atoms with Gasteiger partial charge in [-0.2, -0.15) is 0 Å². The predicted octanol–water partition coefficient (Wildman–Crippen LogP) is 22.9. The number of hydrogen-bond donors (Lipinski definition) is 0. The largest absolute Gasteiger partial charge is 0.310 e. The summed E-state index contributed by atoms with van der Waals surface area (Å²) in [6.45, 7) is 27.6. The molecule has 0 fully saturated rings. The van der Waals surface area contributed by atoms with Crippen LogP contribution in [0.25, 0.3) is 144 Å². The lowest BCUT2D eigenvalue weighted by molar-refractivity contribution is 0.569. The van der Waals surface area contributed by atoms with E-state index in [4.69, 9.17) is 4.98 Å². The Labute approximate surface area is 571 Å². The summed E-state index contributed by atoms with van der Waals surface area (Å²) >= 11 is 0. The molecule has 0 saturated heterocycles. The van der Waals surface area contributed by atoms with E-state index in [-0.39, 0.29) is 28.4 Å². The molecule has 17 rings (SSSR count). The molecule has 0 aliphatic carbocycles. The van der Waals surface area contributed by atoms with Crippen LogP contribution in [-0.4, -0.2) is 20.8 Å². The van der Waals surface area contributed by atoms with Crippen molar-refractivity contribution >= 4 is 66.7 Å². The Morgan fingerprint density at radius 2 is 0.608 bits per heavy atom. The second-order valence-electron chi connectivity index (χ2n) is 31.6. The Kier molecular flexibility index (Phi) is 13.6. The standard InChI is InChI=1S/C93H80BN3/c1-90(2,3)69-40-36-59(37-41-69)63-48-75-85-73(61-30-21-15-22-31-61)46-65(57-26-17-13-18-27-57)52-81(85)96-83-54-68(80-35-25-34-79(95-80)67-44-71(92(7,8)9)56-72(45-67)93(10,11)12)55-84-87(83)94(77(50-63)88(75)96)78-51-64(60-38-42-70(43-39-60)91(4,5)6)49-76-86-74(62-32-23-16-24-33-62)47-66(58-28-19-14-20-29-58)53-82(86)97(84)89(76)78/h13-56H,1-12H3. The van der Waals surface area contributed by atoms with Gasteiger partial charge in [0, 0.05) is 55.1 Å². The molecular weight excluding hydrogens is 1170 g/mol. The summed E-state index contributed by atoms with van der Waals surface area (Å²) in [7, 11) is 0. The fourth-order valence-corrected chi connectivity index (χ4v) is 15.8. The van der Waals surface area contributed by atoms with E-state index >= 15 is 0 Å². The molecule has 0 N–H and O–H groups in total. The van der Waals surface area contributed by atoms with Crippen molar-refractivity contribution in [3.05, 3.63) is 289 Å². The molecule has 0 unspecified atom stereocenters. The quantitative estimate of drug-likeness (QED) is 0.139. The molecule has 3 nitrogen and oxygen atoms in total. The Morgan fingerprint density at radius 1 is 0.268 bits per heavy atom. The summed E-state index contributed by atoms with van der Waals surface area (Å²) in [6.07, 6.45) is 0. The van der Waals surface area contributed by atoms with Gasteiger partial charge in [-0.15, -0.1) is 0 Å². The van der Waals surface area contributed by atoms with Crippen LogP contribution < -0.4 is 16.4 Å². The van der Waals surface area contributed by atoms with Crippen LogP contribution in [0.1, 0.15) is 105 Å². The number of benzene rings is 12. The molecule has 4 heteroatoms. The van der Waals surface area contributed by atoms with Gasteiger partial charge in [0.05, 0.1) is 22.4 Å². The van der Waals surface area contributed by atoms with Crippen molar-refractivity contribution in [3.63, 3.8) is 0 Å². The van der Waals surface area contributed by atoms with Crippen molar-refractivity contribution in [2.24, 2.45) is 0 Å². The Balaban J connectivity index is 1.06. The summed E-state index contributed by atoms with van der Waals surface area (Å²) in [4.78, 5) is 5.84. The van der Waals surface area contributed by atoms with Crippen molar-refractivity contribution < 1.29 is 0 Å².